The normalized spacial score (nSPS) is 10.6. The second-order valence-electron chi connectivity index (χ2n) is 3.68. The lowest BCUT2D eigenvalue weighted by Gasteiger charge is -2.06. The van der Waals surface area contributed by atoms with E-state index >= 15 is 0 Å². The second kappa shape index (κ2) is 7.80. The van der Waals surface area contributed by atoms with Crippen molar-refractivity contribution in [2.24, 2.45) is 0 Å². The molecular weight excluding hydrogens is 198 g/mol. The predicted molar refractivity (Wildman–Crippen MR) is 70.1 cm³/mol. The summed E-state index contributed by atoms with van der Waals surface area (Å²) in [4.78, 5) is 0. The van der Waals surface area contributed by atoms with Gasteiger partial charge in [0, 0.05) is 18.8 Å². The van der Waals surface area contributed by atoms with Crippen LogP contribution in [0, 0.1) is 0 Å². The summed E-state index contributed by atoms with van der Waals surface area (Å²) in [5, 5.41) is 3.09. The van der Waals surface area contributed by atoms with Crippen LogP contribution in [0.4, 0.5) is 5.69 Å². The van der Waals surface area contributed by atoms with Crippen LogP contribution in [-0.4, -0.2) is 13.7 Å². The number of hydrogen-bond acceptors (Lipinski definition) is 2. The molecule has 0 fully saturated rings. The van der Waals surface area contributed by atoms with Crippen molar-refractivity contribution in [3.05, 3.63) is 36.4 Å². The quantitative estimate of drug-likeness (QED) is 0.555. The Morgan fingerprint density at radius 2 is 2.06 bits per heavy atom. The summed E-state index contributed by atoms with van der Waals surface area (Å²) in [5.74, 6) is 0.927. The van der Waals surface area contributed by atoms with Crippen LogP contribution in [0.5, 0.6) is 5.75 Å². The van der Waals surface area contributed by atoms with Gasteiger partial charge in [0.25, 0.3) is 0 Å². The van der Waals surface area contributed by atoms with E-state index in [1.807, 2.05) is 31.3 Å². The van der Waals surface area contributed by atoms with E-state index in [2.05, 4.69) is 24.4 Å². The smallest absolute Gasteiger partial charge is 0.121 e. The van der Waals surface area contributed by atoms with Gasteiger partial charge in [-0.2, -0.15) is 0 Å². The van der Waals surface area contributed by atoms with E-state index in [0.717, 1.165) is 30.9 Å². The van der Waals surface area contributed by atoms with Crippen molar-refractivity contribution in [2.45, 2.75) is 26.2 Å². The van der Waals surface area contributed by atoms with Gasteiger partial charge in [-0.3, -0.25) is 0 Å². The minimum atomic E-state index is 0.743. The van der Waals surface area contributed by atoms with E-state index in [0.29, 0.717) is 0 Å². The van der Waals surface area contributed by atoms with Gasteiger partial charge >= 0.3 is 0 Å². The van der Waals surface area contributed by atoms with Crippen LogP contribution in [0.2, 0.25) is 0 Å². The number of nitrogens with one attached hydrogen (secondary N) is 1. The van der Waals surface area contributed by atoms with Gasteiger partial charge in [-0.05, 0) is 25.0 Å². The Kier molecular flexibility index (Phi) is 6.16. The number of unbranched alkanes of at least 4 members (excludes halogenated alkanes) is 1. The van der Waals surface area contributed by atoms with Gasteiger partial charge in [0.05, 0.1) is 6.61 Å². The molecule has 1 aromatic carbocycles. The van der Waals surface area contributed by atoms with Crippen LogP contribution in [0.3, 0.4) is 0 Å². The Bertz CT molecular complexity index is 320. The molecule has 0 aliphatic heterocycles. The zero-order valence-electron chi connectivity index (χ0n) is 10.2. The van der Waals surface area contributed by atoms with Gasteiger partial charge in [0.2, 0.25) is 0 Å². The van der Waals surface area contributed by atoms with Crippen molar-refractivity contribution >= 4 is 5.69 Å². The molecule has 88 valence electrons. The molecule has 2 heteroatoms. The Morgan fingerprint density at radius 1 is 1.25 bits per heavy atom. The first-order chi connectivity index (χ1) is 7.86. The Morgan fingerprint density at radius 3 is 2.81 bits per heavy atom. The minimum Gasteiger partial charge on any atom is -0.493 e. The topological polar surface area (TPSA) is 21.3 Å². The Hall–Kier alpha value is -1.44. The summed E-state index contributed by atoms with van der Waals surface area (Å²) >= 11 is 0. The monoisotopic (exact) mass is 219 g/mol. The molecule has 0 aliphatic carbocycles. The van der Waals surface area contributed by atoms with Crippen LogP contribution in [-0.2, 0) is 0 Å². The Labute approximate surface area is 98.3 Å². The summed E-state index contributed by atoms with van der Waals surface area (Å²) in [6.07, 6.45) is 7.75. The fourth-order valence-electron chi connectivity index (χ4n) is 1.39. The van der Waals surface area contributed by atoms with Crippen LogP contribution in [0.15, 0.2) is 36.4 Å². The molecule has 0 spiro atoms. The highest BCUT2D eigenvalue weighted by molar-refractivity contribution is 5.47. The maximum absolute atomic E-state index is 5.64. The molecule has 1 rings (SSSR count). The predicted octanol–water partition coefficient (Wildman–Crippen LogP) is 3.85. The first-order valence-corrected chi connectivity index (χ1v) is 5.92. The molecule has 0 unspecified atom stereocenters. The number of rotatable bonds is 7. The van der Waals surface area contributed by atoms with E-state index < -0.39 is 0 Å². The molecule has 0 amide bonds. The fourth-order valence-corrected chi connectivity index (χ4v) is 1.39. The third kappa shape index (κ3) is 4.87. The highest BCUT2D eigenvalue weighted by Gasteiger charge is 1.93. The summed E-state index contributed by atoms with van der Waals surface area (Å²) in [6.45, 7) is 2.93. The molecule has 0 aliphatic rings. The van der Waals surface area contributed by atoms with Crippen molar-refractivity contribution in [1.82, 2.24) is 0 Å². The van der Waals surface area contributed by atoms with Crippen molar-refractivity contribution in [3.63, 3.8) is 0 Å². The van der Waals surface area contributed by atoms with Gasteiger partial charge in [0.1, 0.15) is 5.75 Å². The number of anilines is 1. The molecule has 0 saturated heterocycles. The van der Waals surface area contributed by atoms with Crippen molar-refractivity contribution < 1.29 is 4.74 Å². The van der Waals surface area contributed by atoms with E-state index in [9.17, 15) is 0 Å². The van der Waals surface area contributed by atoms with Gasteiger partial charge in [0.15, 0.2) is 0 Å². The van der Waals surface area contributed by atoms with E-state index in [1.54, 1.807) is 0 Å². The molecule has 0 bridgehead atoms. The minimum absolute atomic E-state index is 0.743. The van der Waals surface area contributed by atoms with Crippen LogP contribution >= 0.6 is 0 Å². The molecule has 0 atom stereocenters. The first kappa shape index (κ1) is 12.6. The third-order valence-corrected chi connectivity index (χ3v) is 2.30. The number of ether oxygens (including phenoxy) is 1. The lowest BCUT2D eigenvalue weighted by atomic mass is 10.3. The summed E-state index contributed by atoms with van der Waals surface area (Å²) in [7, 11) is 1.91. The zero-order chi connectivity index (χ0) is 11.6. The van der Waals surface area contributed by atoms with Gasteiger partial charge in [-0.25, -0.2) is 0 Å². The lowest BCUT2D eigenvalue weighted by Crippen LogP contribution is -1.96. The third-order valence-electron chi connectivity index (χ3n) is 2.30. The highest BCUT2D eigenvalue weighted by atomic mass is 16.5. The zero-order valence-corrected chi connectivity index (χ0v) is 10.2. The fraction of sp³-hybridized carbons (Fsp3) is 0.429. The summed E-state index contributed by atoms with van der Waals surface area (Å²) in [5.41, 5.74) is 1.08. The van der Waals surface area contributed by atoms with Crippen molar-refractivity contribution in [2.75, 3.05) is 19.0 Å². The molecule has 1 aromatic rings. The average Bonchev–Trinajstić information content (AvgIpc) is 2.34. The maximum Gasteiger partial charge on any atom is 0.121 e. The molecule has 0 radical (unpaired) electrons. The molecule has 0 saturated carbocycles. The van der Waals surface area contributed by atoms with Crippen molar-refractivity contribution in [1.29, 1.82) is 0 Å². The van der Waals surface area contributed by atoms with Crippen molar-refractivity contribution in [3.8, 4) is 5.75 Å². The van der Waals surface area contributed by atoms with E-state index in [4.69, 9.17) is 4.74 Å². The largest absolute Gasteiger partial charge is 0.493 e. The first-order valence-electron chi connectivity index (χ1n) is 5.92. The number of benzene rings is 1. The number of allylic oxidation sites excluding steroid dienone is 1. The van der Waals surface area contributed by atoms with Gasteiger partial charge < -0.3 is 10.1 Å². The average molecular weight is 219 g/mol. The SMILES string of the molecule is CCCC=CCCOc1cccc(NC)c1. The maximum atomic E-state index is 5.64. The number of hydrogen-bond donors (Lipinski definition) is 1. The van der Waals surface area contributed by atoms with Crippen LogP contribution in [0.25, 0.3) is 0 Å². The summed E-state index contributed by atoms with van der Waals surface area (Å²) < 4.78 is 5.64. The van der Waals surface area contributed by atoms with Gasteiger partial charge in [-0.1, -0.05) is 31.6 Å². The van der Waals surface area contributed by atoms with Gasteiger partial charge in [-0.15, -0.1) is 0 Å². The van der Waals surface area contributed by atoms with Crippen LogP contribution in [0.1, 0.15) is 26.2 Å². The standard InChI is InChI=1S/C14H21NO/c1-3-4-5-6-7-11-16-14-10-8-9-13(12-14)15-2/h5-6,8-10,12,15H,3-4,7,11H2,1-2H3. The van der Waals surface area contributed by atoms with Crippen LogP contribution < -0.4 is 10.1 Å². The second-order valence-corrected chi connectivity index (χ2v) is 3.68. The Balaban J connectivity index is 2.26. The lowest BCUT2D eigenvalue weighted by molar-refractivity contribution is 0.325. The molecule has 0 heterocycles. The van der Waals surface area contributed by atoms with E-state index in [-0.39, 0.29) is 0 Å². The summed E-state index contributed by atoms with van der Waals surface area (Å²) in [6, 6.07) is 8.01. The molecule has 1 N–H and O–H groups in total. The molecule has 16 heavy (non-hydrogen) atoms. The molecule has 2 nitrogen and oxygen atoms in total. The molecular formula is C14H21NO. The highest BCUT2D eigenvalue weighted by Crippen LogP contribution is 2.16. The van der Waals surface area contributed by atoms with E-state index in [1.165, 1.54) is 6.42 Å². The molecule has 0 aromatic heterocycles.